The molecule has 0 saturated carbocycles. The largest absolute Gasteiger partial charge is 0.388 e. The molecule has 2 heterocycles. The summed E-state index contributed by atoms with van der Waals surface area (Å²) in [5.41, 5.74) is 1.37. The van der Waals surface area contributed by atoms with Crippen LogP contribution in [-0.2, 0) is 22.2 Å². The van der Waals surface area contributed by atoms with Crippen LogP contribution in [0.2, 0.25) is 0 Å². The molecule has 0 saturated heterocycles. The smallest absolute Gasteiger partial charge is 0.163 e. The van der Waals surface area contributed by atoms with Gasteiger partial charge in [0, 0.05) is 13.7 Å². The topological polar surface area (TPSA) is 82.3 Å². The summed E-state index contributed by atoms with van der Waals surface area (Å²) in [5, 5.41) is 9.23. The lowest BCUT2D eigenvalue weighted by Gasteiger charge is -2.06. The molecule has 92 valence electrons. The standard InChI is InChI=1S/C9H13N4O3P/c1-15-17-16-3-2-13-8(5-14)12-7-4-10-6-11-9(7)13/h4,6,14,17H,2-3,5H2,1H3. The maximum Gasteiger partial charge on any atom is 0.163 e. The van der Waals surface area contributed by atoms with E-state index in [0.717, 1.165) is 0 Å². The minimum Gasteiger partial charge on any atom is -0.388 e. The number of hydrogen-bond acceptors (Lipinski definition) is 6. The maximum atomic E-state index is 9.23. The molecule has 0 fully saturated rings. The number of nitrogens with zero attached hydrogens (tertiary/aromatic N) is 4. The van der Waals surface area contributed by atoms with E-state index in [9.17, 15) is 5.11 Å². The Labute approximate surface area is 99.8 Å². The van der Waals surface area contributed by atoms with Crippen molar-refractivity contribution in [1.82, 2.24) is 19.5 Å². The van der Waals surface area contributed by atoms with Gasteiger partial charge in [-0.25, -0.2) is 15.0 Å². The lowest BCUT2D eigenvalue weighted by atomic mass is 10.5. The molecule has 0 aliphatic heterocycles. The van der Waals surface area contributed by atoms with Crippen LogP contribution in [0.15, 0.2) is 12.5 Å². The van der Waals surface area contributed by atoms with E-state index in [4.69, 9.17) is 9.05 Å². The van der Waals surface area contributed by atoms with Crippen LogP contribution in [0.5, 0.6) is 0 Å². The highest BCUT2D eigenvalue weighted by atomic mass is 31.1. The summed E-state index contributed by atoms with van der Waals surface area (Å²) < 4.78 is 11.9. The zero-order valence-corrected chi connectivity index (χ0v) is 10.3. The highest BCUT2D eigenvalue weighted by Crippen LogP contribution is 2.15. The molecule has 17 heavy (non-hydrogen) atoms. The first-order valence-corrected chi connectivity index (χ1v) is 5.84. The summed E-state index contributed by atoms with van der Waals surface area (Å²) in [6.45, 7) is 0.914. The van der Waals surface area contributed by atoms with E-state index in [1.165, 1.54) is 6.33 Å². The van der Waals surface area contributed by atoms with Crippen molar-refractivity contribution >= 4 is 20.2 Å². The number of rotatable bonds is 6. The van der Waals surface area contributed by atoms with Gasteiger partial charge < -0.3 is 18.7 Å². The van der Waals surface area contributed by atoms with E-state index in [2.05, 4.69) is 15.0 Å². The van der Waals surface area contributed by atoms with E-state index in [-0.39, 0.29) is 15.6 Å². The Morgan fingerprint density at radius 3 is 3.18 bits per heavy atom. The average Bonchev–Trinajstić information content (AvgIpc) is 2.73. The zero-order chi connectivity index (χ0) is 12.1. The summed E-state index contributed by atoms with van der Waals surface area (Å²) in [7, 11) is 1.60. The van der Waals surface area contributed by atoms with Crippen LogP contribution in [0, 0.1) is 0 Å². The summed E-state index contributed by atoms with van der Waals surface area (Å²) in [5.74, 6) is 0.560. The van der Waals surface area contributed by atoms with Crippen molar-refractivity contribution in [3.63, 3.8) is 0 Å². The molecule has 8 heteroatoms. The molecule has 0 radical (unpaired) electrons. The second kappa shape index (κ2) is 5.97. The van der Waals surface area contributed by atoms with Crippen LogP contribution in [0.25, 0.3) is 11.2 Å². The van der Waals surface area contributed by atoms with Crippen molar-refractivity contribution in [1.29, 1.82) is 0 Å². The van der Waals surface area contributed by atoms with Crippen molar-refractivity contribution in [3.05, 3.63) is 18.3 Å². The average molecular weight is 256 g/mol. The highest BCUT2D eigenvalue weighted by Gasteiger charge is 2.10. The normalized spacial score (nSPS) is 11.9. The van der Waals surface area contributed by atoms with E-state index >= 15 is 0 Å². The Balaban J connectivity index is 2.18. The third-order valence-electron chi connectivity index (χ3n) is 2.19. The quantitative estimate of drug-likeness (QED) is 0.598. The van der Waals surface area contributed by atoms with Crippen molar-refractivity contribution < 1.29 is 14.2 Å². The van der Waals surface area contributed by atoms with Gasteiger partial charge in [-0.05, 0) is 0 Å². The summed E-state index contributed by atoms with van der Waals surface area (Å²) >= 11 is 0. The van der Waals surface area contributed by atoms with Crippen LogP contribution in [0.1, 0.15) is 5.82 Å². The number of fused-ring (bicyclic) bond motifs is 1. The number of hydrogen-bond donors (Lipinski definition) is 1. The minimum absolute atomic E-state index is 0.0215. The van der Waals surface area contributed by atoms with Gasteiger partial charge >= 0.3 is 0 Å². The summed E-state index contributed by atoms with van der Waals surface area (Å²) in [6.07, 6.45) is 3.08. The van der Waals surface area contributed by atoms with Crippen molar-refractivity contribution in [2.75, 3.05) is 13.7 Å². The molecule has 0 aromatic carbocycles. The number of aliphatic hydroxyl groups is 1. The third kappa shape index (κ3) is 2.76. The van der Waals surface area contributed by atoms with E-state index in [1.54, 1.807) is 13.3 Å². The molecule has 7 nitrogen and oxygen atoms in total. The highest BCUT2D eigenvalue weighted by molar-refractivity contribution is 7.26. The van der Waals surface area contributed by atoms with Crippen molar-refractivity contribution in [2.24, 2.45) is 0 Å². The van der Waals surface area contributed by atoms with E-state index in [1.807, 2.05) is 4.57 Å². The van der Waals surface area contributed by atoms with Crippen molar-refractivity contribution in [3.8, 4) is 0 Å². The fourth-order valence-electron chi connectivity index (χ4n) is 1.52. The van der Waals surface area contributed by atoms with Gasteiger partial charge in [0.2, 0.25) is 0 Å². The van der Waals surface area contributed by atoms with E-state index in [0.29, 0.717) is 30.1 Å². The molecule has 1 atom stereocenters. The van der Waals surface area contributed by atoms with Gasteiger partial charge in [-0.3, -0.25) is 0 Å². The Hall–Kier alpha value is -1.14. The molecule has 2 aromatic heterocycles. The second-order valence-corrected chi connectivity index (χ2v) is 4.07. The summed E-state index contributed by atoms with van der Waals surface area (Å²) in [6, 6.07) is 0. The van der Waals surface area contributed by atoms with Gasteiger partial charge in [-0.1, -0.05) is 0 Å². The van der Waals surface area contributed by atoms with Gasteiger partial charge in [0.15, 0.2) is 14.7 Å². The molecule has 1 unspecified atom stereocenters. The molecule has 2 aromatic rings. The molecule has 0 bridgehead atoms. The fourth-order valence-corrected chi connectivity index (χ4v) is 1.81. The van der Waals surface area contributed by atoms with Crippen molar-refractivity contribution in [2.45, 2.75) is 13.2 Å². The van der Waals surface area contributed by atoms with Crippen LogP contribution in [0.3, 0.4) is 0 Å². The first-order chi connectivity index (χ1) is 8.36. The Morgan fingerprint density at radius 2 is 2.41 bits per heavy atom. The predicted octanol–water partition coefficient (Wildman–Crippen LogP) is 0.490. The Bertz CT molecular complexity index is 490. The monoisotopic (exact) mass is 256 g/mol. The van der Waals surface area contributed by atoms with E-state index < -0.39 is 0 Å². The molecule has 0 spiro atoms. The third-order valence-corrected chi connectivity index (χ3v) is 2.68. The van der Waals surface area contributed by atoms with Gasteiger partial charge in [0.05, 0.1) is 12.8 Å². The van der Waals surface area contributed by atoms with Crippen LogP contribution in [0.4, 0.5) is 0 Å². The molecule has 1 N–H and O–H groups in total. The second-order valence-electron chi connectivity index (χ2n) is 3.21. The van der Waals surface area contributed by atoms with Gasteiger partial charge in [0.1, 0.15) is 24.3 Å². The molecule has 2 rings (SSSR count). The molecular formula is C9H13N4O3P. The van der Waals surface area contributed by atoms with Crippen LogP contribution < -0.4 is 0 Å². The summed E-state index contributed by atoms with van der Waals surface area (Å²) in [4.78, 5) is 12.3. The lowest BCUT2D eigenvalue weighted by molar-refractivity contribution is 0.254. The molecular weight excluding hydrogens is 243 g/mol. The van der Waals surface area contributed by atoms with Gasteiger partial charge in [0.25, 0.3) is 0 Å². The number of imidazole rings is 1. The predicted molar refractivity (Wildman–Crippen MR) is 62.5 cm³/mol. The van der Waals surface area contributed by atoms with Crippen LogP contribution in [-0.4, -0.2) is 38.3 Å². The van der Waals surface area contributed by atoms with Gasteiger partial charge in [-0.2, -0.15) is 0 Å². The zero-order valence-electron chi connectivity index (χ0n) is 9.33. The Morgan fingerprint density at radius 1 is 1.53 bits per heavy atom. The lowest BCUT2D eigenvalue weighted by Crippen LogP contribution is -2.08. The molecule has 0 amide bonds. The number of aliphatic hydroxyl groups excluding tert-OH is 1. The first kappa shape index (κ1) is 12.3. The molecule has 0 aliphatic carbocycles. The van der Waals surface area contributed by atoms with Crippen LogP contribution >= 0.6 is 9.03 Å². The Kier molecular flexibility index (Phi) is 4.33. The SMILES string of the molecule is COPOCCn1c(CO)nc2cncnc21. The maximum absolute atomic E-state index is 9.23. The first-order valence-electron chi connectivity index (χ1n) is 5.02. The molecule has 0 aliphatic rings. The van der Waals surface area contributed by atoms with Gasteiger partial charge in [-0.15, -0.1) is 0 Å². The number of aromatic nitrogens is 4. The minimum atomic E-state index is -0.136. The fraction of sp³-hybridized carbons (Fsp3) is 0.444.